The van der Waals surface area contributed by atoms with Gasteiger partial charge in [0.05, 0.1) is 0 Å². The Labute approximate surface area is 113 Å². The molecule has 0 aliphatic rings. The van der Waals surface area contributed by atoms with Crippen LogP contribution in [0.1, 0.15) is 19.2 Å². The number of nitrogens with zero attached hydrogens (tertiary/aromatic N) is 3. The normalized spacial score (nSPS) is 12.1. The summed E-state index contributed by atoms with van der Waals surface area (Å²) in [4.78, 5) is 15.3. The molecule has 0 bridgehead atoms. The summed E-state index contributed by atoms with van der Waals surface area (Å²) in [7, 11) is 0. The molecule has 0 aromatic carbocycles. The summed E-state index contributed by atoms with van der Waals surface area (Å²) in [6.07, 6.45) is -0.362. The SMILES string of the molecule is CCCNC(=O)/C(C#N)=C/c1nccn1CC(F)(F)F. The second-order valence-electron chi connectivity index (χ2n) is 3.95. The minimum absolute atomic E-state index is 0.0921. The number of hydrogen-bond donors (Lipinski definition) is 1. The fourth-order valence-corrected chi connectivity index (χ4v) is 1.40. The van der Waals surface area contributed by atoms with Crippen LogP contribution in [0.3, 0.4) is 0 Å². The van der Waals surface area contributed by atoms with E-state index in [1.807, 2.05) is 6.92 Å². The topological polar surface area (TPSA) is 70.7 Å². The van der Waals surface area contributed by atoms with Crippen LogP contribution in [0, 0.1) is 11.3 Å². The Hall–Kier alpha value is -2.30. The Morgan fingerprint density at radius 1 is 1.60 bits per heavy atom. The molecule has 0 radical (unpaired) electrons. The van der Waals surface area contributed by atoms with Crippen molar-refractivity contribution < 1.29 is 18.0 Å². The van der Waals surface area contributed by atoms with E-state index in [1.165, 1.54) is 6.20 Å². The van der Waals surface area contributed by atoms with Gasteiger partial charge in [0.15, 0.2) is 0 Å². The lowest BCUT2D eigenvalue weighted by atomic mass is 10.2. The maximum absolute atomic E-state index is 12.3. The van der Waals surface area contributed by atoms with Gasteiger partial charge in [-0.05, 0) is 6.42 Å². The van der Waals surface area contributed by atoms with E-state index < -0.39 is 18.6 Å². The molecule has 1 amide bonds. The number of nitriles is 1. The number of halogens is 3. The third-order valence-corrected chi connectivity index (χ3v) is 2.27. The molecular formula is C12H13F3N4O. The van der Waals surface area contributed by atoms with E-state index in [2.05, 4.69) is 10.3 Å². The molecule has 1 rings (SSSR count). The molecule has 8 heteroatoms. The van der Waals surface area contributed by atoms with Gasteiger partial charge in [0, 0.05) is 25.0 Å². The summed E-state index contributed by atoms with van der Waals surface area (Å²) in [5, 5.41) is 11.4. The van der Waals surface area contributed by atoms with E-state index in [4.69, 9.17) is 5.26 Å². The van der Waals surface area contributed by atoms with Gasteiger partial charge in [-0.25, -0.2) is 4.98 Å². The Morgan fingerprint density at radius 2 is 2.30 bits per heavy atom. The fraction of sp³-hybridized carbons (Fsp3) is 0.417. The Bertz CT molecular complexity index is 540. The lowest BCUT2D eigenvalue weighted by Gasteiger charge is -2.09. The van der Waals surface area contributed by atoms with Gasteiger partial charge >= 0.3 is 6.18 Å². The van der Waals surface area contributed by atoms with Gasteiger partial charge in [0.2, 0.25) is 0 Å². The minimum Gasteiger partial charge on any atom is -0.351 e. The number of alkyl halides is 3. The van der Waals surface area contributed by atoms with Crippen molar-refractivity contribution in [3.63, 3.8) is 0 Å². The number of hydrogen-bond acceptors (Lipinski definition) is 3. The molecule has 0 aliphatic heterocycles. The van der Waals surface area contributed by atoms with Gasteiger partial charge in [0.1, 0.15) is 24.0 Å². The predicted molar refractivity (Wildman–Crippen MR) is 65.2 cm³/mol. The lowest BCUT2D eigenvalue weighted by Crippen LogP contribution is -2.25. The highest BCUT2D eigenvalue weighted by Gasteiger charge is 2.28. The molecule has 1 heterocycles. The lowest BCUT2D eigenvalue weighted by molar-refractivity contribution is -0.140. The van der Waals surface area contributed by atoms with Gasteiger partial charge in [-0.3, -0.25) is 4.79 Å². The molecule has 0 unspecified atom stereocenters. The number of carbonyl (C=O) groups excluding carboxylic acids is 1. The minimum atomic E-state index is -4.40. The van der Waals surface area contributed by atoms with Crippen molar-refractivity contribution in [2.45, 2.75) is 26.1 Å². The van der Waals surface area contributed by atoms with Crippen LogP contribution >= 0.6 is 0 Å². The van der Waals surface area contributed by atoms with Gasteiger partial charge in [-0.2, -0.15) is 18.4 Å². The van der Waals surface area contributed by atoms with E-state index in [9.17, 15) is 18.0 Å². The molecule has 5 nitrogen and oxygen atoms in total. The standard InChI is InChI=1S/C12H13F3N4O/c1-2-3-18-11(20)9(7-16)6-10-17-4-5-19(10)8-12(13,14)15/h4-6H,2-3,8H2,1H3,(H,18,20)/b9-6+. The maximum atomic E-state index is 12.3. The summed E-state index contributed by atoms with van der Waals surface area (Å²) in [6, 6.07) is 1.65. The van der Waals surface area contributed by atoms with Crippen LogP contribution in [0.2, 0.25) is 0 Å². The van der Waals surface area contributed by atoms with E-state index in [0.717, 1.165) is 16.8 Å². The smallest absolute Gasteiger partial charge is 0.351 e. The molecule has 0 spiro atoms. The van der Waals surface area contributed by atoms with Crippen LogP contribution in [0.25, 0.3) is 6.08 Å². The molecule has 108 valence electrons. The number of carbonyl (C=O) groups is 1. The van der Waals surface area contributed by atoms with Crippen molar-refractivity contribution in [2.75, 3.05) is 6.54 Å². The monoisotopic (exact) mass is 286 g/mol. The first kappa shape index (κ1) is 15.8. The zero-order valence-corrected chi connectivity index (χ0v) is 10.7. The zero-order chi connectivity index (χ0) is 15.2. The molecule has 20 heavy (non-hydrogen) atoms. The Morgan fingerprint density at radius 3 is 2.85 bits per heavy atom. The summed E-state index contributed by atoms with van der Waals surface area (Å²) in [5.41, 5.74) is -0.284. The molecule has 0 atom stereocenters. The number of aromatic nitrogens is 2. The molecule has 1 aromatic heterocycles. The molecule has 1 aromatic rings. The summed E-state index contributed by atoms with van der Waals surface area (Å²) < 4.78 is 37.8. The largest absolute Gasteiger partial charge is 0.406 e. The van der Waals surface area contributed by atoms with Crippen LogP contribution in [0.4, 0.5) is 13.2 Å². The third kappa shape index (κ3) is 4.76. The maximum Gasteiger partial charge on any atom is 0.406 e. The first-order valence-corrected chi connectivity index (χ1v) is 5.85. The molecule has 1 N–H and O–H groups in total. The van der Waals surface area contributed by atoms with Crippen LogP contribution in [0.15, 0.2) is 18.0 Å². The first-order valence-electron chi connectivity index (χ1n) is 5.85. The zero-order valence-electron chi connectivity index (χ0n) is 10.7. The highest BCUT2D eigenvalue weighted by Crippen LogP contribution is 2.19. The van der Waals surface area contributed by atoms with E-state index in [1.54, 1.807) is 6.07 Å². The van der Waals surface area contributed by atoms with Crippen LogP contribution in [-0.2, 0) is 11.3 Å². The van der Waals surface area contributed by atoms with Gasteiger partial charge in [0.25, 0.3) is 5.91 Å². The first-order chi connectivity index (χ1) is 9.37. The predicted octanol–water partition coefficient (Wildman–Crippen LogP) is 1.88. The van der Waals surface area contributed by atoms with Crippen molar-refractivity contribution in [3.05, 3.63) is 23.8 Å². The second kappa shape index (κ2) is 6.75. The Balaban J connectivity index is 2.94. The van der Waals surface area contributed by atoms with Crippen LogP contribution in [0.5, 0.6) is 0 Å². The highest BCUT2D eigenvalue weighted by molar-refractivity contribution is 6.01. The van der Waals surface area contributed by atoms with Crippen molar-refractivity contribution in [3.8, 4) is 6.07 Å². The fourth-order valence-electron chi connectivity index (χ4n) is 1.40. The van der Waals surface area contributed by atoms with Gasteiger partial charge < -0.3 is 9.88 Å². The number of amides is 1. The van der Waals surface area contributed by atoms with E-state index in [0.29, 0.717) is 13.0 Å². The molecule has 0 saturated heterocycles. The molecule has 0 saturated carbocycles. The molecule has 0 aliphatic carbocycles. The average molecular weight is 286 g/mol. The Kier molecular flexibility index (Phi) is 5.32. The van der Waals surface area contributed by atoms with Crippen molar-refractivity contribution in [1.29, 1.82) is 5.26 Å². The van der Waals surface area contributed by atoms with Crippen molar-refractivity contribution in [1.82, 2.24) is 14.9 Å². The second-order valence-corrected chi connectivity index (χ2v) is 3.95. The number of imidazole rings is 1. The number of nitrogens with one attached hydrogen (secondary N) is 1. The van der Waals surface area contributed by atoms with E-state index >= 15 is 0 Å². The molecule has 0 fully saturated rings. The number of rotatable bonds is 5. The van der Waals surface area contributed by atoms with Crippen LogP contribution in [-0.4, -0.2) is 28.2 Å². The van der Waals surface area contributed by atoms with Crippen molar-refractivity contribution in [2.24, 2.45) is 0 Å². The van der Waals surface area contributed by atoms with Crippen LogP contribution < -0.4 is 5.32 Å². The summed E-state index contributed by atoms with van der Waals surface area (Å²) in [6.45, 7) is 0.995. The summed E-state index contributed by atoms with van der Waals surface area (Å²) in [5.74, 6) is -0.721. The summed E-state index contributed by atoms with van der Waals surface area (Å²) >= 11 is 0. The highest BCUT2D eigenvalue weighted by atomic mass is 19.4. The average Bonchev–Trinajstić information content (AvgIpc) is 2.77. The quantitative estimate of drug-likeness (QED) is 0.663. The van der Waals surface area contributed by atoms with E-state index in [-0.39, 0.29) is 11.4 Å². The van der Waals surface area contributed by atoms with Crippen molar-refractivity contribution >= 4 is 12.0 Å². The molecular weight excluding hydrogens is 273 g/mol. The van der Waals surface area contributed by atoms with Gasteiger partial charge in [-0.15, -0.1) is 0 Å². The third-order valence-electron chi connectivity index (χ3n) is 2.27. The van der Waals surface area contributed by atoms with Gasteiger partial charge in [-0.1, -0.05) is 6.92 Å².